The van der Waals surface area contributed by atoms with E-state index in [0.717, 1.165) is 12.8 Å². The molecule has 1 aliphatic heterocycles. The zero-order chi connectivity index (χ0) is 16.0. The Morgan fingerprint density at radius 1 is 1.19 bits per heavy atom. The topological polar surface area (TPSA) is 95.9 Å². The number of carbonyl (C=O) groups is 3. The van der Waals surface area contributed by atoms with Crippen LogP contribution in [0.2, 0.25) is 0 Å². The van der Waals surface area contributed by atoms with Gasteiger partial charge in [0.1, 0.15) is 0 Å². The van der Waals surface area contributed by atoms with Gasteiger partial charge in [0, 0.05) is 38.0 Å². The molecule has 0 aromatic rings. The van der Waals surface area contributed by atoms with E-state index in [1.54, 1.807) is 7.05 Å². The van der Waals surface area contributed by atoms with Crippen LogP contribution in [0.3, 0.4) is 0 Å². The lowest BCUT2D eigenvalue weighted by molar-refractivity contribution is -0.133. The van der Waals surface area contributed by atoms with Gasteiger partial charge >= 0.3 is 12.0 Å². The van der Waals surface area contributed by atoms with Crippen molar-refractivity contribution in [3.05, 3.63) is 11.1 Å². The largest absolute Gasteiger partial charge is 0.478 e. The van der Waals surface area contributed by atoms with Gasteiger partial charge < -0.3 is 14.7 Å². The summed E-state index contributed by atoms with van der Waals surface area (Å²) in [5.74, 6) is -1.49. The van der Waals surface area contributed by atoms with Crippen LogP contribution in [0.1, 0.15) is 26.7 Å². The van der Waals surface area contributed by atoms with Gasteiger partial charge in [0.05, 0.1) is 0 Å². The molecule has 21 heavy (non-hydrogen) atoms. The van der Waals surface area contributed by atoms with E-state index in [2.05, 4.69) is 5.32 Å². The predicted octanol–water partition coefficient (Wildman–Crippen LogP) is 1.00. The lowest BCUT2D eigenvalue weighted by atomic mass is 10.00. The number of carboxylic acids is 1. The Kier molecular flexibility index (Phi) is 6.36. The third-order valence-corrected chi connectivity index (χ3v) is 3.66. The first-order chi connectivity index (χ1) is 9.82. The van der Waals surface area contributed by atoms with E-state index in [1.807, 2.05) is 0 Å². The molecule has 1 fully saturated rings. The third-order valence-electron chi connectivity index (χ3n) is 3.66. The van der Waals surface area contributed by atoms with E-state index in [0.29, 0.717) is 25.7 Å². The molecule has 7 nitrogen and oxygen atoms in total. The monoisotopic (exact) mass is 298 g/mol. The molecular weight excluding hydrogens is 276 g/mol. The number of hydrogen-bond donors (Lipinski definition) is 2. The van der Waals surface area contributed by atoms with Crippen molar-refractivity contribution in [3.63, 3.8) is 0 Å². The van der Waals surface area contributed by atoms with E-state index in [-0.39, 0.29) is 11.1 Å². The summed E-state index contributed by atoms with van der Waals surface area (Å²) in [6, 6.07) is -0.524. The highest BCUT2D eigenvalue weighted by Crippen LogP contribution is 2.15. The number of carbonyl (C=O) groups excluding carboxylic acids is 2. The molecule has 0 aromatic heterocycles. The van der Waals surface area contributed by atoms with Crippen molar-refractivity contribution >= 4 is 17.9 Å². The normalized spacial score (nSPS) is 16.9. The highest BCUT2D eigenvalue weighted by atomic mass is 16.5. The number of ether oxygens (including phenoxy) is 1. The van der Waals surface area contributed by atoms with Crippen LogP contribution in [-0.2, 0) is 14.3 Å². The van der Waals surface area contributed by atoms with Gasteiger partial charge in [0.15, 0.2) is 0 Å². The van der Waals surface area contributed by atoms with Gasteiger partial charge in [0.25, 0.3) is 5.91 Å². The number of urea groups is 1. The van der Waals surface area contributed by atoms with Crippen LogP contribution in [0.15, 0.2) is 11.1 Å². The molecule has 3 amide bonds. The van der Waals surface area contributed by atoms with Gasteiger partial charge in [-0.3, -0.25) is 10.1 Å². The predicted molar refractivity (Wildman–Crippen MR) is 75.7 cm³/mol. The number of amides is 3. The second-order valence-corrected chi connectivity index (χ2v) is 5.25. The smallest absolute Gasteiger partial charge is 0.331 e. The van der Waals surface area contributed by atoms with Crippen LogP contribution >= 0.6 is 0 Å². The molecule has 1 saturated heterocycles. The first-order valence-electron chi connectivity index (χ1n) is 6.88. The Hall–Kier alpha value is -1.89. The summed E-state index contributed by atoms with van der Waals surface area (Å²) >= 11 is 0. The van der Waals surface area contributed by atoms with Crippen LogP contribution in [0.4, 0.5) is 4.79 Å². The molecule has 0 atom stereocenters. The fourth-order valence-electron chi connectivity index (χ4n) is 2.02. The number of imide groups is 1. The summed E-state index contributed by atoms with van der Waals surface area (Å²) in [6.07, 6.45) is 1.78. The Morgan fingerprint density at radius 2 is 1.76 bits per heavy atom. The van der Waals surface area contributed by atoms with Crippen LogP contribution in [0, 0.1) is 5.92 Å². The summed E-state index contributed by atoms with van der Waals surface area (Å²) in [6.45, 7) is 4.64. The van der Waals surface area contributed by atoms with Gasteiger partial charge in [-0.15, -0.1) is 0 Å². The second kappa shape index (κ2) is 7.78. The average molecular weight is 298 g/mol. The van der Waals surface area contributed by atoms with Crippen molar-refractivity contribution in [2.24, 2.45) is 5.92 Å². The SMILES string of the molecule is CC(C(=O)O)=C(C)C(=O)NC(=O)N(C)CC1CCOCC1. The number of aliphatic carboxylic acids is 1. The minimum absolute atomic E-state index is 0.0234. The number of rotatable bonds is 4. The summed E-state index contributed by atoms with van der Waals surface area (Å²) in [7, 11) is 1.61. The van der Waals surface area contributed by atoms with Crippen LogP contribution in [-0.4, -0.2) is 54.7 Å². The molecule has 1 heterocycles. The quantitative estimate of drug-likeness (QED) is 0.755. The minimum atomic E-state index is -1.18. The lowest BCUT2D eigenvalue weighted by Crippen LogP contribution is -2.43. The van der Waals surface area contributed by atoms with E-state index in [9.17, 15) is 14.4 Å². The second-order valence-electron chi connectivity index (χ2n) is 5.25. The van der Waals surface area contributed by atoms with Crippen LogP contribution < -0.4 is 5.32 Å². The molecule has 7 heteroatoms. The Labute approximate surface area is 123 Å². The molecule has 1 aliphatic rings. The van der Waals surface area contributed by atoms with Gasteiger partial charge in [0.2, 0.25) is 0 Å². The number of nitrogens with one attached hydrogen (secondary N) is 1. The fourth-order valence-corrected chi connectivity index (χ4v) is 2.02. The number of nitrogens with zero attached hydrogens (tertiary/aromatic N) is 1. The summed E-state index contributed by atoms with van der Waals surface area (Å²) in [4.78, 5) is 35.9. The zero-order valence-corrected chi connectivity index (χ0v) is 12.6. The van der Waals surface area contributed by atoms with Gasteiger partial charge in [-0.1, -0.05) is 0 Å². The average Bonchev–Trinajstić information content (AvgIpc) is 2.46. The summed E-state index contributed by atoms with van der Waals surface area (Å²) in [5, 5.41) is 11.0. The molecule has 118 valence electrons. The molecule has 0 spiro atoms. The lowest BCUT2D eigenvalue weighted by Gasteiger charge is -2.27. The Morgan fingerprint density at radius 3 is 2.29 bits per heavy atom. The van der Waals surface area contributed by atoms with Crippen molar-refractivity contribution in [3.8, 4) is 0 Å². The van der Waals surface area contributed by atoms with E-state index < -0.39 is 17.9 Å². The molecule has 0 bridgehead atoms. The van der Waals surface area contributed by atoms with E-state index in [4.69, 9.17) is 9.84 Å². The molecule has 0 aliphatic carbocycles. The van der Waals surface area contributed by atoms with Gasteiger partial charge in [-0.05, 0) is 32.6 Å². The van der Waals surface area contributed by atoms with Crippen LogP contribution in [0.25, 0.3) is 0 Å². The molecule has 0 saturated carbocycles. The Bertz CT molecular complexity index is 452. The molecule has 2 N–H and O–H groups in total. The molecule has 1 rings (SSSR count). The van der Waals surface area contributed by atoms with E-state index in [1.165, 1.54) is 18.7 Å². The maximum atomic E-state index is 11.9. The fraction of sp³-hybridized carbons (Fsp3) is 0.643. The van der Waals surface area contributed by atoms with Crippen molar-refractivity contribution in [2.75, 3.05) is 26.8 Å². The zero-order valence-electron chi connectivity index (χ0n) is 12.6. The molecule has 0 radical (unpaired) electrons. The number of carboxylic acid groups (broad SMARTS) is 1. The molecule has 0 aromatic carbocycles. The first-order valence-corrected chi connectivity index (χ1v) is 6.88. The maximum absolute atomic E-state index is 11.9. The van der Waals surface area contributed by atoms with Gasteiger partial charge in [-0.2, -0.15) is 0 Å². The highest BCUT2D eigenvalue weighted by Gasteiger charge is 2.21. The van der Waals surface area contributed by atoms with Gasteiger partial charge in [-0.25, -0.2) is 9.59 Å². The summed E-state index contributed by atoms with van der Waals surface area (Å²) < 4.78 is 5.25. The van der Waals surface area contributed by atoms with Crippen molar-refractivity contribution in [2.45, 2.75) is 26.7 Å². The van der Waals surface area contributed by atoms with Crippen molar-refractivity contribution in [1.82, 2.24) is 10.2 Å². The minimum Gasteiger partial charge on any atom is -0.478 e. The standard InChI is InChI=1S/C14H22N2O5/c1-9(10(2)13(18)19)12(17)15-14(20)16(3)8-11-4-6-21-7-5-11/h11H,4-8H2,1-3H3,(H,18,19)(H,15,17,20). The summed E-state index contributed by atoms with van der Waals surface area (Å²) in [5.41, 5.74) is -0.0531. The molecular formula is C14H22N2O5. The third kappa shape index (κ3) is 5.18. The van der Waals surface area contributed by atoms with Crippen LogP contribution in [0.5, 0.6) is 0 Å². The Balaban J connectivity index is 2.53. The van der Waals surface area contributed by atoms with E-state index >= 15 is 0 Å². The van der Waals surface area contributed by atoms with Crippen molar-refractivity contribution in [1.29, 1.82) is 0 Å². The molecule has 0 unspecified atom stereocenters. The highest BCUT2D eigenvalue weighted by molar-refractivity contribution is 6.07. The first kappa shape index (κ1) is 17.2. The maximum Gasteiger partial charge on any atom is 0.331 e. The number of hydrogen-bond acceptors (Lipinski definition) is 4. The van der Waals surface area contributed by atoms with Crippen molar-refractivity contribution < 1.29 is 24.2 Å².